The van der Waals surface area contributed by atoms with Crippen LogP contribution >= 0.6 is 11.6 Å². The van der Waals surface area contributed by atoms with E-state index in [4.69, 9.17) is 11.6 Å². The number of nitro benzene ring substituents is 1. The van der Waals surface area contributed by atoms with E-state index in [1.54, 1.807) is 0 Å². The van der Waals surface area contributed by atoms with Gasteiger partial charge in [0.1, 0.15) is 5.56 Å². The largest absolute Gasteiger partial charge is 0.352 e. The third kappa shape index (κ3) is 5.07. The van der Waals surface area contributed by atoms with Gasteiger partial charge in [0.15, 0.2) is 0 Å². The maximum atomic E-state index is 12.1. The second-order valence-corrected chi connectivity index (χ2v) is 5.55. The summed E-state index contributed by atoms with van der Waals surface area (Å²) >= 11 is 5.81. The van der Waals surface area contributed by atoms with Gasteiger partial charge in [0.25, 0.3) is 11.6 Å². The van der Waals surface area contributed by atoms with E-state index in [0.29, 0.717) is 11.6 Å². The number of rotatable bonds is 7. The highest BCUT2D eigenvalue weighted by Gasteiger charge is 2.19. The second kappa shape index (κ2) is 8.29. The molecule has 0 aliphatic carbocycles. The van der Waals surface area contributed by atoms with Crippen LogP contribution in [0.1, 0.15) is 28.8 Å². The van der Waals surface area contributed by atoms with E-state index in [1.165, 1.54) is 23.8 Å². The lowest BCUT2D eigenvalue weighted by molar-refractivity contribution is -0.385. The van der Waals surface area contributed by atoms with Crippen molar-refractivity contribution in [1.29, 1.82) is 0 Å². The van der Waals surface area contributed by atoms with Crippen molar-refractivity contribution in [2.75, 3.05) is 6.54 Å². The van der Waals surface area contributed by atoms with E-state index in [0.717, 1.165) is 19.3 Å². The van der Waals surface area contributed by atoms with Gasteiger partial charge in [-0.2, -0.15) is 0 Å². The number of amides is 1. The maximum absolute atomic E-state index is 12.1. The van der Waals surface area contributed by atoms with E-state index in [9.17, 15) is 14.9 Å². The van der Waals surface area contributed by atoms with Gasteiger partial charge in [-0.15, -0.1) is 0 Å². The fourth-order valence-electron chi connectivity index (χ4n) is 2.25. The Labute approximate surface area is 139 Å². The number of hydrogen-bond acceptors (Lipinski definition) is 3. The minimum absolute atomic E-state index is 0.00874. The third-order valence-electron chi connectivity index (χ3n) is 3.42. The number of halogens is 1. The Bertz CT molecular complexity index is 689. The van der Waals surface area contributed by atoms with Gasteiger partial charge in [0.05, 0.1) is 4.92 Å². The first kappa shape index (κ1) is 17.0. The van der Waals surface area contributed by atoms with Crippen LogP contribution in [0.25, 0.3) is 0 Å². The summed E-state index contributed by atoms with van der Waals surface area (Å²) in [4.78, 5) is 22.5. The van der Waals surface area contributed by atoms with E-state index < -0.39 is 10.8 Å². The molecule has 23 heavy (non-hydrogen) atoms. The maximum Gasteiger partial charge on any atom is 0.282 e. The van der Waals surface area contributed by atoms with Gasteiger partial charge < -0.3 is 5.32 Å². The van der Waals surface area contributed by atoms with Crippen molar-refractivity contribution in [3.05, 3.63) is 74.8 Å². The lowest BCUT2D eigenvalue weighted by atomic mass is 10.1. The van der Waals surface area contributed by atoms with Crippen LogP contribution in [0.15, 0.2) is 48.5 Å². The molecule has 2 aromatic carbocycles. The predicted octanol–water partition coefficient (Wildman–Crippen LogP) is 4.00. The Morgan fingerprint density at radius 1 is 1.13 bits per heavy atom. The summed E-state index contributed by atoms with van der Waals surface area (Å²) in [6.45, 7) is 0.468. The molecule has 0 aliphatic rings. The SMILES string of the molecule is O=C(NCCCCc1ccccc1)c1cc(Cl)ccc1[N+](=O)[O-]. The van der Waals surface area contributed by atoms with Gasteiger partial charge in [-0.3, -0.25) is 14.9 Å². The van der Waals surface area contributed by atoms with Crippen molar-refractivity contribution in [2.24, 2.45) is 0 Å². The van der Waals surface area contributed by atoms with Crippen molar-refractivity contribution < 1.29 is 9.72 Å². The zero-order valence-electron chi connectivity index (χ0n) is 12.5. The molecule has 2 rings (SSSR count). The van der Waals surface area contributed by atoms with Crippen molar-refractivity contribution in [1.82, 2.24) is 5.32 Å². The first-order chi connectivity index (χ1) is 11.1. The average molecular weight is 333 g/mol. The number of carbonyl (C=O) groups is 1. The minimum Gasteiger partial charge on any atom is -0.352 e. The highest BCUT2D eigenvalue weighted by molar-refractivity contribution is 6.31. The minimum atomic E-state index is -0.583. The number of hydrogen-bond donors (Lipinski definition) is 1. The number of nitrogens with one attached hydrogen (secondary N) is 1. The molecule has 0 radical (unpaired) electrons. The summed E-state index contributed by atoms with van der Waals surface area (Å²) in [6, 6.07) is 14.1. The van der Waals surface area contributed by atoms with Crippen LogP contribution in [0.3, 0.4) is 0 Å². The van der Waals surface area contributed by atoms with Gasteiger partial charge in [-0.1, -0.05) is 41.9 Å². The highest BCUT2D eigenvalue weighted by Crippen LogP contribution is 2.22. The molecule has 0 bridgehead atoms. The van der Waals surface area contributed by atoms with Gasteiger partial charge >= 0.3 is 0 Å². The molecule has 0 saturated carbocycles. The topological polar surface area (TPSA) is 72.2 Å². The second-order valence-electron chi connectivity index (χ2n) is 5.12. The van der Waals surface area contributed by atoms with Crippen LogP contribution in [0.2, 0.25) is 5.02 Å². The standard InChI is InChI=1S/C17H17ClN2O3/c18-14-9-10-16(20(22)23)15(12-14)17(21)19-11-5-4-8-13-6-2-1-3-7-13/h1-3,6-7,9-10,12H,4-5,8,11H2,(H,19,21). The Balaban J connectivity index is 1.83. The normalized spacial score (nSPS) is 10.3. The molecular weight excluding hydrogens is 316 g/mol. The number of nitro groups is 1. The fraction of sp³-hybridized carbons (Fsp3) is 0.235. The molecule has 0 fully saturated rings. The van der Waals surface area contributed by atoms with Crippen LogP contribution in [-0.2, 0) is 6.42 Å². The molecule has 0 atom stereocenters. The predicted molar refractivity (Wildman–Crippen MR) is 89.8 cm³/mol. The van der Waals surface area contributed by atoms with E-state index in [2.05, 4.69) is 17.4 Å². The molecule has 0 aromatic heterocycles. The highest BCUT2D eigenvalue weighted by atomic mass is 35.5. The van der Waals surface area contributed by atoms with Crippen molar-refractivity contribution >= 4 is 23.2 Å². The molecule has 0 heterocycles. The molecule has 120 valence electrons. The van der Waals surface area contributed by atoms with Crippen LogP contribution in [0, 0.1) is 10.1 Å². The molecule has 1 N–H and O–H groups in total. The fourth-order valence-corrected chi connectivity index (χ4v) is 2.42. The molecule has 0 spiro atoms. The smallest absolute Gasteiger partial charge is 0.282 e. The average Bonchev–Trinajstić information content (AvgIpc) is 2.55. The number of unbranched alkanes of at least 4 members (excludes halogenated alkanes) is 1. The molecule has 0 unspecified atom stereocenters. The number of benzene rings is 2. The Hall–Kier alpha value is -2.40. The Morgan fingerprint density at radius 3 is 2.57 bits per heavy atom. The molecular formula is C17H17ClN2O3. The summed E-state index contributed by atoms with van der Waals surface area (Å²) in [5, 5.41) is 14.0. The monoisotopic (exact) mass is 332 g/mol. The van der Waals surface area contributed by atoms with Gasteiger partial charge in [0.2, 0.25) is 0 Å². The zero-order chi connectivity index (χ0) is 16.7. The molecule has 0 aliphatic heterocycles. The number of aryl methyl sites for hydroxylation is 1. The molecule has 0 saturated heterocycles. The van der Waals surface area contributed by atoms with Gasteiger partial charge in [0, 0.05) is 17.6 Å². The summed E-state index contributed by atoms with van der Waals surface area (Å²) < 4.78 is 0. The van der Waals surface area contributed by atoms with Crippen molar-refractivity contribution in [2.45, 2.75) is 19.3 Å². The van der Waals surface area contributed by atoms with Crippen LogP contribution in [0.5, 0.6) is 0 Å². The van der Waals surface area contributed by atoms with E-state index >= 15 is 0 Å². The molecule has 1 amide bonds. The lowest BCUT2D eigenvalue weighted by Gasteiger charge is -2.06. The Morgan fingerprint density at radius 2 is 1.87 bits per heavy atom. The summed E-state index contributed by atoms with van der Waals surface area (Å²) in [6.07, 6.45) is 2.67. The van der Waals surface area contributed by atoms with Crippen molar-refractivity contribution in [3.63, 3.8) is 0 Å². The van der Waals surface area contributed by atoms with Crippen LogP contribution in [-0.4, -0.2) is 17.4 Å². The van der Waals surface area contributed by atoms with E-state index in [-0.39, 0.29) is 11.3 Å². The third-order valence-corrected chi connectivity index (χ3v) is 3.66. The van der Waals surface area contributed by atoms with Crippen LogP contribution in [0.4, 0.5) is 5.69 Å². The van der Waals surface area contributed by atoms with Crippen molar-refractivity contribution in [3.8, 4) is 0 Å². The van der Waals surface area contributed by atoms with Gasteiger partial charge in [-0.05, 0) is 37.0 Å². The number of carbonyl (C=O) groups excluding carboxylic acids is 1. The number of nitrogens with zero attached hydrogens (tertiary/aromatic N) is 1. The van der Waals surface area contributed by atoms with Crippen LogP contribution < -0.4 is 5.32 Å². The summed E-state index contributed by atoms with van der Waals surface area (Å²) in [7, 11) is 0. The summed E-state index contributed by atoms with van der Waals surface area (Å²) in [5.74, 6) is -0.473. The molecule has 2 aromatic rings. The summed E-state index contributed by atoms with van der Waals surface area (Å²) in [5.41, 5.74) is 1.01. The zero-order valence-corrected chi connectivity index (χ0v) is 13.3. The molecule has 5 nitrogen and oxygen atoms in total. The first-order valence-corrected chi connectivity index (χ1v) is 7.72. The first-order valence-electron chi connectivity index (χ1n) is 7.34. The Kier molecular flexibility index (Phi) is 6.11. The quantitative estimate of drug-likeness (QED) is 0.473. The van der Waals surface area contributed by atoms with E-state index in [1.807, 2.05) is 18.2 Å². The molecule has 6 heteroatoms. The lowest BCUT2D eigenvalue weighted by Crippen LogP contribution is -2.25. The van der Waals surface area contributed by atoms with Gasteiger partial charge in [-0.25, -0.2) is 0 Å².